The monoisotopic (exact) mass is 415 g/mol. The average molecular weight is 416 g/mol. The van der Waals surface area contributed by atoms with Crippen molar-refractivity contribution in [3.8, 4) is 11.8 Å². The van der Waals surface area contributed by atoms with Gasteiger partial charge < -0.3 is 15.0 Å². The Kier molecular flexibility index (Phi) is 6.75. The van der Waals surface area contributed by atoms with Crippen LogP contribution >= 0.6 is 15.9 Å². The molecule has 2 aromatic rings. The van der Waals surface area contributed by atoms with E-state index in [4.69, 9.17) is 10.00 Å². The van der Waals surface area contributed by atoms with Crippen LogP contribution in [0.3, 0.4) is 0 Å². The van der Waals surface area contributed by atoms with Gasteiger partial charge in [0, 0.05) is 11.5 Å². The van der Waals surface area contributed by atoms with E-state index in [2.05, 4.69) is 21.2 Å². The average Bonchev–Trinajstić information content (AvgIpc) is 2.63. The highest BCUT2D eigenvalue weighted by Gasteiger charge is 2.21. The summed E-state index contributed by atoms with van der Waals surface area (Å²) >= 11 is 3.36. The van der Waals surface area contributed by atoms with Crippen LogP contribution in [-0.4, -0.2) is 36.4 Å². The lowest BCUT2D eigenvalue weighted by Crippen LogP contribution is -2.42. The molecule has 0 fully saturated rings. The predicted octanol–water partition coefficient (Wildman–Crippen LogP) is 3.19. The fraction of sp³-hybridized carbons (Fsp3) is 0.211. The van der Waals surface area contributed by atoms with Crippen molar-refractivity contribution in [2.75, 3.05) is 18.9 Å². The highest BCUT2D eigenvalue weighted by atomic mass is 79.9. The summed E-state index contributed by atoms with van der Waals surface area (Å²) < 4.78 is 6.34. The number of carbonyl (C=O) groups excluding carboxylic acids is 2. The van der Waals surface area contributed by atoms with E-state index in [1.165, 1.54) is 4.90 Å². The van der Waals surface area contributed by atoms with Crippen LogP contribution in [0.2, 0.25) is 0 Å². The third-order valence-electron chi connectivity index (χ3n) is 3.55. The molecule has 0 saturated carbocycles. The molecule has 134 valence electrons. The molecular weight excluding hydrogens is 398 g/mol. The van der Waals surface area contributed by atoms with Gasteiger partial charge in [-0.2, -0.15) is 5.26 Å². The van der Waals surface area contributed by atoms with Crippen molar-refractivity contribution in [1.29, 1.82) is 5.26 Å². The summed E-state index contributed by atoms with van der Waals surface area (Å²) in [7, 11) is 1.54. The van der Waals surface area contributed by atoms with Gasteiger partial charge in [-0.3, -0.25) is 9.59 Å². The van der Waals surface area contributed by atoms with Gasteiger partial charge in [0.2, 0.25) is 5.91 Å². The standard InChI is InChI=1S/C19H18BrN3O3/c1-13(26-15-9-7-14(11-21)8-10-15)19(25)23(2)12-18(24)22-17-6-4-3-5-16(17)20/h3-10,13H,12H2,1-2H3,(H,22,24). The molecule has 2 rings (SSSR count). The largest absolute Gasteiger partial charge is 0.481 e. The summed E-state index contributed by atoms with van der Waals surface area (Å²) in [5.41, 5.74) is 1.15. The number of amides is 2. The summed E-state index contributed by atoms with van der Waals surface area (Å²) in [5.74, 6) is -0.147. The molecular formula is C19H18BrN3O3. The lowest BCUT2D eigenvalue weighted by Gasteiger charge is -2.22. The second kappa shape index (κ2) is 9.02. The number of likely N-dealkylation sites (N-methyl/N-ethyl adjacent to an activating group) is 1. The first-order valence-electron chi connectivity index (χ1n) is 7.87. The Balaban J connectivity index is 1.90. The zero-order valence-electron chi connectivity index (χ0n) is 14.4. The molecule has 26 heavy (non-hydrogen) atoms. The maximum atomic E-state index is 12.4. The third kappa shape index (κ3) is 5.33. The molecule has 0 bridgehead atoms. The highest BCUT2D eigenvalue weighted by Crippen LogP contribution is 2.21. The summed E-state index contributed by atoms with van der Waals surface area (Å²) in [4.78, 5) is 25.8. The molecule has 1 atom stereocenters. The van der Waals surface area contributed by atoms with Gasteiger partial charge in [0.05, 0.1) is 23.9 Å². The van der Waals surface area contributed by atoms with Gasteiger partial charge >= 0.3 is 0 Å². The van der Waals surface area contributed by atoms with E-state index in [-0.39, 0.29) is 18.4 Å². The second-order valence-electron chi connectivity index (χ2n) is 5.62. The summed E-state index contributed by atoms with van der Waals surface area (Å²) in [5, 5.41) is 11.5. The third-order valence-corrected chi connectivity index (χ3v) is 4.24. The van der Waals surface area contributed by atoms with Crippen LogP contribution in [0.4, 0.5) is 5.69 Å². The van der Waals surface area contributed by atoms with Crippen LogP contribution in [0, 0.1) is 11.3 Å². The predicted molar refractivity (Wildman–Crippen MR) is 102 cm³/mol. The molecule has 0 saturated heterocycles. The smallest absolute Gasteiger partial charge is 0.263 e. The molecule has 7 heteroatoms. The van der Waals surface area contributed by atoms with Crippen LogP contribution in [0.25, 0.3) is 0 Å². The number of nitrogens with zero attached hydrogens (tertiary/aromatic N) is 2. The van der Waals surface area contributed by atoms with Gasteiger partial charge in [0.15, 0.2) is 6.10 Å². The maximum absolute atomic E-state index is 12.4. The van der Waals surface area contributed by atoms with Gasteiger partial charge in [-0.1, -0.05) is 12.1 Å². The van der Waals surface area contributed by atoms with Crippen LogP contribution in [-0.2, 0) is 9.59 Å². The first-order chi connectivity index (χ1) is 12.4. The first-order valence-corrected chi connectivity index (χ1v) is 8.66. The molecule has 0 radical (unpaired) electrons. The van der Waals surface area contributed by atoms with Gasteiger partial charge in [-0.05, 0) is 59.3 Å². The zero-order valence-corrected chi connectivity index (χ0v) is 16.0. The van der Waals surface area contributed by atoms with Gasteiger partial charge in [0.1, 0.15) is 5.75 Å². The molecule has 0 aliphatic carbocycles. The van der Waals surface area contributed by atoms with Crippen molar-refractivity contribution in [2.45, 2.75) is 13.0 Å². The molecule has 1 N–H and O–H groups in total. The Labute approximate surface area is 160 Å². The first kappa shape index (κ1) is 19.5. The molecule has 0 aromatic heterocycles. The topological polar surface area (TPSA) is 82.4 Å². The molecule has 0 spiro atoms. The fourth-order valence-electron chi connectivity index (χ4n) is 2.22. The highest BCUT2D eigenvalue weighted by molar-refractivity contribution is 9.10. The number of hydrogen-bond donors (Lipinski definition) is 1. The Morgan fingerprint density at radius 3 is 2.50 bits per heavy atom. The van der Waals surface area contributed by atoms with Crippen molar-refractivity contribution in [1.82, 2.24) is 4.90 Å². The number of nitrogens with one attached hydrogen (secondary N) is 1. The lowest BCUT2D eigenvalue weighted by atomic mass is 10.2. The van der Waals surface area contributed by atoms with Crippen molar-refractivity contribution in [3.05, 3.63) is 58.6 Å². The van der Waals surface area contributed by atoms with E-state index in [1.807, 2.05) is 24.3 Å². The van der Waals surface area contributed by atoms with Crippen molar-refractivity contribution < 1.29 is 14.3 Å². The van der Waals surface area contributed by atoms with E-state index in [0.717, 1.165) is 4.47 Å². The molecule has 0 heterocycles. The quantitative estimate of drug-likeness (QED) is 0.784. The van der Waals surface area contributed by atoms with Crippen molar-refractivity contribution >= 4 is 33.4 Å². The minimum Gasteiger partial charge on any atom is -0.481 e. The summed E-state index contributed by atoms with van der Waals surface area (Å²) in [6.45, 7) is 1.52. The normalized spacial score (nSPS) is 11.2. The number of carbonyl (C=O) groups is 2. The molecule has 1 unspecified atom stereocenters. The Hall–Kier alpha value is -2.85. The summed E-state index contributed by atoms with van der Waals surface area (Å²) in [6, 6.07) is 15.7. The minimum absolute atomic E-state index is 0.0960. The van der Waals surface area contributed by atoms with E-state index in [9.17, 15) is 9.59 Å². The number of anilines is 1. The van der Waals surface area contributed by atoms with E-state index in [0.29, 0.717) is 17.0 Å². The number of para-hydroxylation sites is 1. The Bertz CT molecular complexity index is 831. The second-order valence-corrected chi connectivity index (χ2v) is 6.47. The zero-order chi connectivity index (χ0) is 19.1. The molecule has 2 amide bonds. The van der Waals surface area contributed by atoms with Crippen LogP contribution < -0.4 is 10.1 Å². The van der Waals surface area contributed by atoms with Crippen molar-refractivity contribution in [2.24, 2.45) is 0 Å². The van der Waals surface area contributed by atoms with E-state index >= 15 is 0 Å². The number of hydrogen-bond acceptors (Lipinski definition) is 4. The lowest BCUT2D eigenvalue weighted by molar-refractivity contribution is -0.139. The van der Waals surface area contributed by atoms with E-state index < -0.39 is 6.10 Å². The molecule has 2 aromatic carbocycles. The fourth-order valence-corrected chi connectivity index (χ4v) is 2.60. The number of rotatable bonds is 6. The van der Waals surface area contributed by atoms with Gasteiger partial charge in [-0.15, -0.1) is 0 Å². The Morgan fingerprint density at radius 1 is 1.23 bits per heavy atom. The van der Waals surface area contributed by atoms with Crippen LogP contribution in [0.15, 0.2) is 53.0 Å². The number of nitriles is 1. The number of ether oxygens (including phenoxy) is 1. The Morgan fingerprint density at radius 2 is 1.88 bits per heavy atom. The van der Waals surface area contributed by atoms with E-state index in [1.54, 1.807) is 44.3 Å². The molecule has 6 nitrogen and oxygen atoms in total. The summed E-state index contributed by atoms with van der Waals surface area (Å²) in [6.07, 6.45) is -0.760. The van der Waals surface area contributed by atoms with Crippen LogP contribution in [0.1, 0.15) is 12.5 Å². The molecule has 0 aliphatic heterocycles. The maximum Gasteiger partial charge on any atom is 0.263 e. The van der Waals surface area contributed by atoms with Gasteiger partial charge in [0.25, 0.3) is 5.91 Å². The van der Waals surface area contributed by atoms with Gasteiger partial charge in [-0.25, -0.2) is 0 Å². The minimum atomic E-state index is -0.760. The number of benzene rings is 2. The van der Waals surface area contributed by atoms with Crippen LogP contribution in [0.5, 0.6) is 5.75 Å². The molecule has 0 aliphatic rings. The number of halogens is 1. The SMILES string of the molecule is CC(Oc1ccc(C#N)cc1)C(=O)N(C)CC(=O)Nc1ccccc1Br. The van der Waals surface area contributed by atoms with Crippen molar-refractivity contribution in [3.63, 3.8) is 0 Å².